The highest BCUT2D eigenvalue weighted by Gasteiger charge is 2.16. The Morgan fingerprint density at radius 1 is 1.26 bits per heavy atom. The van der Waals surface area contributed by atoms with Gasteiger partial charge < -0.3 is 0 Å². The summed E-state index contributed by atoms with van der Waals surface area (Å²) in [7, 11) is 0. The smallest absolute Gasteiger partial charge is 0.134 e. The molecule has 0 N–H and O–H groups in total. The van der Waals surface area contributed by atoms with Crippen LogP contribution in [0.4, 0.5) is 4.39 Å². The minimum atomic E-state index is -0.338. The number of hydrogen-bond donors (Lipinski definition) is 0. The van der Waals surface area contributed by atoms with Crippen LogP contribution in [-0.2, 0) is 0 Å². The first kappa shape index (κ1) is 15.7. The van der Waals surface area contributed by atoms with Crippen LogP contribution in [0.25, 0.3) is 11.3 Å². The van der Waals surface area contributed by atoms with Crippen molar-refractivity contribution in [1.82, 2.24) is 9.78 Å². The van der Waals surface area contributed by atoms with Gasteiger partial charge in [-0.15, -0.1) is 0 Å². The van der Waals surface area contributed by atoms with Crippen LogP contribution in [0.5, 0.6) is 0 Å². The van der Waals surface area contributed by atoms with Crippen LogP contribution < -0.4 is 0 Å². The van der Waals surface area contributed by atoms with Gasteiger partial charge in [0.1, 0.15) is 5.82 Å². The summed E-state index contributed by atoms with van der Waals surface area (Å²) in [6.45, 7) is 9.96. The van der Waals surface area contributed by atoms with Crippen molar-refractivity contribution < 1.29 is 4.39 Å². The summed E-state index contributed by atoms with van der Waals surface area (Å²) in [6, 6.07) is 4.91. The molecule has 0 saturated carbocycles. The third kappa shape index (κ3) is 3.35. The van der Waals surface area contributed by atoms with Crippen molar-refractivity contribution in [3.63, 3.8) is 0 Å². The summed E-state index contributed by atoms with van der Waals surface area (Å²) in [5.74, 6) is -0.338. The van der Waals surface area contributed by atoms with Gasteiger partial charge in [-0.1, -0.05) is 31.5 Å². The van der Waals surface area contributed by atoms with Crippen LogP contribution in [0.2, 0.25) is 5.02 Å². The maximum Gasteiger partial charge on any atom is 0.134 e. The Morgan fingerprint density at radius 2 is 1.89 bits per heavy atom. The van der Waals surface area contributed by atoms with Crippen molar-refractivity contribution in [2.45, 2.75) is 40.7 Å². The van der Waals surface area contributed by atoms with Crippen molar-refractivity contribution >= 4 is 11.6 Å². The highest BCUT2D eigenvalue weighted by Crippen LogP contribution is 2.31. The molecule has 0 bridgehead atoms. The van der Waals surface area contributed by atoms with Crippen LogP contribution in [-0.4, -0.2) is 9.78 Å². The first-order chi connectivity index (χ1) is 9.00. The van der Waals surface area contributed by atoms with Crippen molar-refractivity contribution in [2.75, 3.05) is 0 Å². The highest BCUT2D eigenvalue weighted by atomic mass is 35.5. The molecule has 1 heterocycles. The zero-order chi connectivity index (χ0) is 14.6. The van der Waals surface area contributed by atoms with Gasteiger partial charge >= 0.3 is 0 Å². The lowest BCUT2D eigenvalue weighted by Gasteiger charge is -2.05. The summed E-state index contributed by atoms with van der Waals surface area (Å²) in [6.07, 6.45) is 1.91. The fourth-order valence-electron chi connectivity index (χ4n) is 1.72. The van der Waals surface area contributed by atoms with Crippen LogP contribution in [0.15, 0.2) is 24.4 Å². The molecule has 0 atom stereocenters. The van der Waals surface area contributed by atoms with Crippen molar-refractivity contribution in [3.05, 3.63) is 40.8 Å². The molecule has 2 nitrogen and oxygen atoms in total. The minimum absolute atomic E-state index is 0.244. The average Bonchev–Trinajstić information content (AvgIpc) is 2.74. The van der Waals surface area contributed by atoms with Gasteiger partial charge in [-0.05, 0) is 38.5 Å². The Labute approximate surface area is 119 Å². The number of aryl methyl sites for hydroxylation is 1. The lowest BCUT2D eigenvalue weighted by atomic mass is 10.1. The Bertz CT molecular complexity index is 527. The molecule has 4 heteroatoms. The van der Waals surface area contributed by atoms with Crippen molar-refractivity contribution in [3.8, 4) is 11.3 Å². The Balaban J connectivity index is 0.000000861. The van der Waals surface area contributed by atoms with Gasteiger partial charge in [0.15, 0.2) is 0 Å². The van der Waals surface area contributed by atoms with Crippen molar-refractivity contribution in [2.24, 2.45) is 0 Å². The minimum Gasteiger partial charge on any atom is -0.269 e. The summed E-state index contributed by atoms with van der Waals surface area (Å²) in [4.78, 5) is 0. The molecule has 0 aliphatic heterocycles. The van der Waals surface area contributed by atoms with Gasteiger partial charge in [-0.2, -0.15) is 5.10 Å². The molecular weight excluding hydrogens is 263 g/mol. The number of aromatic nitrogens is 2. The van der Waals surface area contributed by atoms with Gasteiger partial charge in [0.2, 0.25) is 0 Å². The second kappa shape index (κ2) is 6.71. The van der Waals surface area contributed by atoms with E-state index in [4.69, 9.17) is 11.6 Å². The fourth-order valence-corrected chi connectivity index (χ4v) is 1.97. The molecule has 2 aromatic rings. The van der Waals surface area contributed by atoms with Crippen molar-refractivity contribution in [1.29, 1.82) is 0 Å². The highest BCUT2D eigenvalue weighted by molar-refractivity contribution is 6.33. The molecular formula is C15H20ClFN2. The summed E-state index contributed by atoms with van der Waals surface area (Å²) >= 11 is 6.04. The largest absolute Gasteiger partial charge is 0.269 e. The van der Waals surface area contributed by atoms with E-state index in [0.29, 0.717) is 16.3 Å². The molecule has 0 aliphatic rings. The predicted molar refractivity (Wildman–Crippen MR) is 79.1 cm³/mol. The van der Waals surface area contributed by atoms with E-state index in [-0.39, 0.29) is 11.9 Å². The molecule has 0 amide bonds. The standard InChI is InChI=1S/C13H14ClFN2.C2H6/c1-8(2)17-7-9(3)13(16-17)12-10(14)5-4-6-11(12)15;1-2/h4-8H,1-3H3;1-2H3. The predicted octanol–water partition coefficient (Wildman–Crippen LogP) is 5.26. The maximum absolute atomic E-state index is 13.8. The van der Waals surface area contributed by atoms with Crippen LogP contribution >= 0.6 is 11.6 Å². The van der Waals surface area contributed by atoms with E-state index in [2.05, 4.69) is 5.10 Å². The summed E-state index contributed by atoms with van der Waals surface area (Å²) < 4.78 is 15.6. The molecule has 2 rings (SSSR count). The second-order valence-electron chi connectivity index (χ2n) is 4.33. The molecule has 0 spiro atoms. The zero-order valence-corrected chi connectivity index (χ0v) is 12.8. The van der Waals surface area contributed by atoms with E-state index < -0.39 is 0 Å². The Morgan fingerprint density at radius 3 is 2.37 bits per heavy atom. The molecule has 1 aromatic heterocycles. The average molecular weight is 283 g/mol. The maximum atomic E-state index is 13.8. The van der Waals surface area contributed by atoms with Crippen LogP contribution in [0.1, 0.15) is 39.3 Å². The second-order valence-corrected chi connectivity index (χ2v) is 4.74. The molecule has 0 unspecified atom stereocenters. The lowest BCUT2D eigenvalue weighted by molar-refractivity contribution is 0.533. The number of benzene rings is 1. The first-order valence-corrected chi connectivity index (χ1v) is 6.88. The van der Waals surface area contributed by atoms with Crippen LogP contribution in [0, 0.1) is 12.7 Å². The third-order valence-electron chi connectivity index (χ3n) is 2.64. The molecule has 104 valence electrons. The number of halogens is 2. The fraction of sp³-hybridized carbons (Fsp3) is 0.400. The summed E-state index contributed by atoms with van der Waals surface area (Å²) in [5.41, 5.74) is 1.92. The quantitative estimate of drug-likeness (QED) is 0.735. The summed E-state index contributed by atoms with van der Waals surface area (Å²) in [5, 5.41) is 4.78. The first-order valence-electron chi connectivity index (χ1n) is 6.51. The Kier molecular flexibility index (Phi) is 5.55. The number of nitrogens with zero attached hydrogens (tertiary/aromatic N) is 2. The zero-order valence-electron chi connectivity index (χ0n) is 12.0. The van der Waals surface area contributed by atoms with Gasteiger partial charge in [0.05, 0.1) is 16.3 Å². The monoisotopic (exact) mass is 282 g/mol. The van der Waals surface area contributed by atoms with E-state index in [1.807, 2.05) is 45.5 Å². The Hall–Kier alpha value is -1.35. The molecule has 0 aliphatic carbocycles. The van der Waals surface area contributed by atoms with Gasteiger partial charge in [0, 0.05) is 12.2 Å². The van der Waals surface area contributed by atoms with Crippen LogP contribution in [0.3, 0.4) is 0 Å². The number of hydrogen-bond acceptors (Lipinski definition) is 1. The van der Waals surface area contributed by atoms with E-state index in [1.54, 1.807) is 12.1 Å². The van der Waals surface area contributed by atoms with Gasteiger partial charge in [-0.3, -0.25) is 4.68 Å². The molecule has 0 saturated heterocycles. The SMILES string of the molecule is CC.Cc1cn(C(C)C)nc1-c1c(F)cccc1Cl. The van der Waals surface area contributed by atoms with E-state index in [9.17, 15) is 4.39 Å². The lowest BCUT2D eigenvalue weighted by Crippen LogP contribution is -2.01. The molecule has 19 heavy (non-hydrogen) atoms. The molecule has 1 aromatic carbocycles. The number of rotatable bonds is 2. The third-order valence-corrected chi connectivity index (χ3v) is 2.96. The topological polar surface area (TPSA) is 17.8 Å². The molecule has 0 radical (unpaired) electrons. The van der Waals surface area contributed by atoms with Gasteiger partial charge in [0.25, 0.3) is 0 Å². The molecule has 0 fully saturated rings. The van der Waals surface area contributed by atoms with E-state index >= 15 is 0 Å². The normalized spacial score (nSPS) is 10.3. The van der Waals surface area contributed by atoms with E-state index in [1.165, 1.54) is 6.07 Å². The van der Waals surface area contributed by atoms with Gasteiger partial charge in [-0.25, -0.2) is 4.39 Å². The van der Waals surface area contributed by atoms with E-state index in [0.717, 1.165) is 5.56 Å².